The largest absolute Gasteiger partial charge is 0.490 e. The highest BCUT2D eigenvalue weighted by Crippen LogP contribution is 2.22. The maximum Gasteiger partial charge on any atom is 0.282 e. The van der Waals surface area contributed by atoms with Crippen LogP contribution in [0.15, 0.2) is 75.6 Å². The van der Waals surface area contributed by atoms with Gasteiger partial charge in [0.25, 0.3) is 5.56 Å². The SMILES string of the molecule is C=CCOc1ccc(-n2c(C)cc(C=Nn3c(CCCC)nc4ccc(Br)cc4c3=O)c2C)cc1. The number of rotatable bonds is 9. The Kier molecular flexibility index (Phi) is 7.66. The minimum absolute atomic E-state index is 0.164. The Morgan fingerprint density at radius 1 is 1.14 bits per heavy atom. The zero-order valence-corrected chi connectivity index (χ0v) is 21.9. The summed E-state index contributed by atoms with van der Waals surface area (Å²) in [7, 11) is 0. The highest BCUT2D eigenvalue weighted by atomic mass is 79.9. The molecule has 0 amide bonds. The third-order valence-electron chi connectivity index (χ3n) is 5.87. The average Bonchev–Trinajstić information content (AvgIpc) is 3.14. The number of fused-ring (bicyclic) bond motifs is 1. The normalized spacial score (nSPS) is 11.4. The van der Waals surface area contributed by atoms with Gasteiger partial charge in [0.2, 0.25) is 0 Å². The molecule has 2 heterocycles. The molecule has 0 atom stereocenters. The predicted molar refractivity (Wildman–Crippen MR) is 146 cm³/mol. The number of benzene rings is 2. The fourth-order valence-corrected chi connectivity index (χ4v) is 4.45. The van der Waals surface area contributed by atoms with Crippen molar-refractivity contribution in [1.82, 2.24) is 14.2 Å². The zero-order valence-electron chi connectivity index (χ0n) is 20.3. The molecule has 2 aromatic heterocycles. The first-order valence-electron chi connectivity index (χ1n) is 11.7. The second kappa shape index (κ2) is 10.9. The Hall–Kier alpha value is -3.45. The second-order valence-electron chi connectivity index (χ2n) is 8.41. The first-order chi connectivity index (χ1) is 16.9. The van der Waals surface area contributed by atoms with E-state index in [0.29, 0.717) is 29.8 Å². The van der Waals surface area contributed by atoms with Crippen molar-refractivity contribution in [1.29, 1.82) is 0 Å². The van der Waals surface area contributed by atoms with E-state index in [0.717, 1.165) is 45.7 Å². The summed E-state index contributed by atoms with van der Waals surface area (Å²) in [6, 6.07) is 15.6. The molecule has 0 aliphatic rings. The predicted octanol–water partition coefficient (Wildman–Crippen LogP) is 6.36. The standard InChI is InChI=1S/C28H29BrN4O2/c1-5-7-8-27-31-26-14-9-22(29)17-25(26)28(34)33(27)30-18-21-16-19(3)32(20(21)4)23-10-12-24(13-11-23)35-15-6-2/h6,9-14,16-18H,2,5,7-8,15H2,1,3-4H3. The van der Waals surface area contributed by atoms with Gasteiger partial charge < -0.3 is 9.30 Å². The first-order valence-corrected chi connectivity index (χ1v) is 12.5. The summed E-state index contributed by atoms with van der Waals surface area (Å²) in [5.74, 6) is 1.47. The van der Waals surface area contributed by atoms with Crippen LogP contribution in [0, 0.1) is 13.8 Å². The van der Waals surface area contributed by atoms with Crippen molar-refractivity contribution in [2.45, 2.75) is 40.0 Å². The molecule has 2 aromatic carbocycles. The molecule has 0 bridgehead atoms. The summed E-state index contributed by atoms with van der Waals surface area (Å²) in [4.78, 5) is 18.1. The van der Waals surface area contributed by atoms with Gasteiger partial charge in [-0.25, -0.2) is 4.98 Å². The lowest BCUT2D eigenvalue weighted by Crippen LogP contribution is -2.22. The first kappa shape index (κ1) is 24.7. The van der Waals surface area contributed by atoms with Crippen LogP contribution in [-0.2, 0) is 6.42 Å². The van der Waals surface area contributed by atoms with E-state index in [1.807, 2.05) is 43.3 Å². The van der Waals surface area contributed by atoms with Crippen LogP contribution >= 0.6 is 15.9 Å². The molecule has 4 rings (SSSR count). The van der Waals surface area contributed by atoms with Gasteiger partial charge in [-0.2, -0.15) is 9.78 Å². The minimum atomic E-state index is -0.164. The van der Waals surface area contributed by atoms with E-state index >= 15 is 0 Å². The zero-order chi connectivity index (χ0) is 24.9. The number of ether oxygens (including phenoxy) is 1. The molecule has 0 unspecified atom stereocenters. The quantitative estimate of drug-likeness (QED) is 0.186. The number of nitrogens with zero attached hydrogens (tertiary/aromatic N) is 4. The molecule has 0 saturated carbocycles. The molecule has 0 fully saturated rings. The van der Waals surface area contributed by atoms with E-state index < -0.39 is 0 Å². The highest BCUT2D eigenvalue weighted by Gasteiger charge is 2.13. The molecule has 180 valence electrons. The smallest absolute Gasteiger partial charge is 0.282 e. The monoisotopic (exact) mass is 532 g/mol. The topological polar surface area (TPSA) is 61.4 Å². The van der Waals surface area contributed by atoms with Gasteiger partial charge in [0, 0.05) is 33.5 Å². The summed E-state index contributed by atoms with van der Waals surface area (Å²) < 4.78 is 10.0. The molecule has 0 saturated heterocycles. The van der Waals surface area contributed by atoms with Crippen molar-refractivity contribution in [3.05, 3.63) is 98.8 Å². The lowest BCUT2D eigenvalue weighted by Gasteiger charge is -2.11. The summed E-state index contributed by atoms with van der Waals surface area (Å²) in [6.07, 6.45) is 6.11. The van der Waals surface area contributed by atoms with Crippen LogP contribution in [0.3, 0.4) is 0 Å². The van der Waals surface area contributed by atoms with Crippen LogP contribution in [0.4, 0.5) is 0 Å². The molecule has 4 aromatic rings. The van der Waals surface area contributed by atoms with Gasteiger partial charge in [0.05, 0.1) is 17.1 Å². The lowest BCUT2D eigenvalue weighted by atomic mass is 10.2. The van der Waals surface area contributed by atoms with Crippen LogP contribution in [0.2, 0.25) is 0 Å². The Morgan fingerprint density at radius 3 is 2.63 bits per heavy atom. The van der Waals surface area contributed by atoms with Gasteiger partial charge in [0.15, 0.2) is 0 Å². The minimum Gasteiger partial charge on any atom is -0.490 e. The second-order valence-corrected chi connectivity index (χ2v) is 9.33. The van der Waals surface area contributed by atoms with E-state index in [-0.39, 0.29) is 5.56 Å². The summed E-state index contributed by atoms with van der Waals surface area (Å²) >= 11 is 3.46. The van der Waals surface area contributed by atoms with Crippen LogP contribution in [-0.4, -0.2) is 27.0 Å². The van der Waals surface area contributed by atoms with Crippen LogP contribution in [0.25, 0.3) is 16.6 Å². The summed E-state index contributed by atoms with van der Waals surface area (Å²) in [5.41, 5.74) is 4.60. The Labute approximate surface area is 213 Å². The van der Waals surface area contributed by atoms with E-state index in [2.05, 4.69) is 52.1 Å². The highest BCUT2D eigenvalue weighted by molar-refractivity contribution is 9.10. The van der Waals surface area contributed by atoms with Gasteiger partial charge >= 0.3 is 0 Å². The molecule has 35 heavy (non-hydrogen) atoms. The Bertz CT molecular complexity index is 1450. The summed E-state index contributed by atoms with van der Waals surface area (Å²) in [6.45, 7) is 10.4. The molecule has 6 nitrogen and oxygen atoms in total. The van der Waals surface area contributed by atoms with E-state index in [9.17, 15) is 4.79 Å². The van der Waals surface area contributed by atoms with Crippen molar-refractivity contribution in [3.63, 3.8) is 0 Å². The third kappa shape index (κ3) is 5.30. The van der Waals surface area contributed by atoms with E-state index in [1.54, 1.807) is 18.4 Å². The van der Waals surface area contributed by atoms with Gasteiger partial charge in [-0.1, -0.05) is 41.9 Å². The van der Waals surface area contributed by atoms with Crippen molar-refractivity contribution in [2.24, 2.45) is 5.10 Å². The molecule has 0 aliphatic heterocycles. The van der Waals surface area contributed by atoms with Crippen LogP contribution in [0.1, 0.15) is 42.5 Å². The Balaban J connectivity index is 1.72. The molecule has 0 aliphatic carbocycles. The van der Waals surface area contributed by atoms with Gasteiger partial charge in [-0.3, -0.25) is 4.79 Å². The van der Waals surface area contributed by atoms with Crippen molar-refractivity contribution in [2.75, 3.05) is 6.61 Å². The van der Waals surface area contributed by atoms with Crippen LogP contribution < -0.4 is 10.3 Å². The Morgan fingerprint density at radius 2 is 1.91 bits per heavy atom. The fourth-order valence-electron chi connectivity index (χ4n) is 4.09. The van der Waals surface area contributed by atoms with Crippen molar-refractivity contribution >= 4 is 33.0 Å². The molecule has 0 radical (unpaired) electrons. The maximum absolute atomic E-state index is 13.3. The third-order valence-corrected chi connectivity index (χ3v) is 6.37. The van der Waals surface area contributed by atoms with Crippen LogP contribution in [0.5, 0.6) is 5.75 Å². The maximum atomic E-state index is 13.3. The van der Waals surface area contributed by atoms with Gasteiger partial charge in [-0.05, 0) is 68.8 Å². The number of aryl methyl sites for hydroxylation is 2. The number of unbranched alkanes of at least 4 members (excludes halogenated alkanes) is 1. The van der Waals surface area contributed by atoms with Gasteiger partial charge in [-0.15, -0.1) is 0 Å². The number of hydrogen-bond acceptors (Lipinski definition) is 4. The average molecular weight is 533 g/mol. The van der Waals surface area contributed by atoms with E-state index in [4.69, 9.17) is 9.72 Å². The number of hydrogen-bond donors (Lipinski definition) is 0. The lowest BCUT2D eigenvalue weighted by molar-refractivity contribution is 0.363. The van der Waals surface area contributed by atoms with Gasteiger partial charge in [0.1, 0.15) is 18.2 Å². The summed E-state index contributed by atoms with van der Waals surface area (Å²) in [5, 5.41) is 5.17. The molecule has 7 heteroatoms. The van der Waals surface area contributed by atoms with Crippen molar-refractivity contribution < 1.29 is 4.74 Å². The number of aromatic nitrogens is 3. The van der Waals surface area contributed by atoms with E-state index in [1.165, 1.54) is 4.68 Å². The molecular weight excluding hydrogens is 504 g/mol. The molecular formula is C28H29BrN4O2. The number of halogens is 1. The van der Waals surface area contributed by atoms with Crippen molar-refractivity contribution in [3.8, 4) is 11.4 Å². The fraction of sp³-hybridized carbons (Fsp3) is 0.250. The molecule has 0 N–H and O–H groups in total. The molecule has 0 spiro atoms.